The van der Waals surface area contributed by atoms with E-state index in [4.69, 9.17) is 0 Å². The molecule has 1 aromatic carbocycles. The van der Waals surface area contributed by atoms with Crippen LogP contribution in [0.2, 0.25) is 0 Å². The van der Waals surface area contributed by atoms with Gasteiger partial charge < -0.3 is 0 Å². The van der Waals surface area contributed by atoms with Gasteiger partial charge in [-0.15, -0.1) is 0 Å². The fraction of sp³-hybridized carbons (Fsp3) is 0.182. The van der Waals surface area contributed by atoms with Crippen LogP contribution in [0, 0.1) is 6.92 Å². The van der Waals surface area contributed by atoms with Crippen molar-refractivity contribution in [2.45, 2.75) is 18.0 Å². The molecule has 2 aromatic rings. The van der Waals surface area contributed by atoms with Crippen LogP contribution in [0.5, 0.6) is 0 Å². The van der Waals surface area contributed by atoms with Gasteiger partial charge in [0.15, 0.2) is 0 Å². The van der Waals surface area contributed by atoms with E-state index in [1.165, 1.54) is 13.0 Å². The number of alkyl halides is 3. The molecule has 0 unspecified atom stereocenters. The molecule has 0 spiro atoms. The number of anilines is 1. The molecular weight excluding hydrogens is 295 g/mol. The molecule has 0 aliphatic rings. The topological polar surface area (TPSA) is 74.8 Å². The summed E-state index contributed by atoms with van der Waals surface area (Å²) >= 11 is 0. The van der Waals surface area contributed by atoms with E-state index in [2.05, 4.69) is 14.9 Å². The lowest BCUT2D eigenvalue weighted by Gasteiger charge is -2.10. The SMILES string of the molecule is Cc1[nH]ncc1S(=O)(=O)Nc1cccc(C(F)(F)F)c1. The van der Waals surface area contributed by atoms with Crippen LogP contribution >= 0.6 is 0 Å². The van der Waals surface area contributed by atoms with Crippen molar-refractivity contribution in [3.05, 3.63) is 41.7 Å². The van der Waals surface area contributed by atoms with Crippen LogP contribution in [0.4, 0.5) is 18.9 Å². The molecule has 0 radical (unpaired) electrons. The first-order valence-corrected chi connectivity index (χ1v) is 6.88. The van der Waals surface area contributed by atoms with E-state index in [1.807, 2.05) is 0 Å². The molecule has 9 heteroatoms. The number of halogens is 3. The van der Waals surface area contributed by atoms with E-state index >= 15 is 0 Å². The van der Waals surface area contributed by atoms with Gasteiger partial charge in [-0.05, 0) is 25.1 Å². The van der Waals surface area contributed by atoms with Crippen molar-refractivity contribution in [2.24, 2.45) is 0 Å². The first-order valence-electron chi connectivity index (χ1n) is 5.40. The highest BCUT2D eigenvalue weighted by Crippen LogP contribution is 2.31. The normalized spacial score (nSPS) is 12.4. The van der Waals surface area contributed by atoms with E-state index in [-0.39, 0.29) is 10.6 Å². The minimum absolute atomic E-state index is 0.116. The number of aryl methyl sites for hydroxylation is 1. The fourth-order valence-corrected chi connectivity index (χ4v) is 2.77. The minimum atomic E-state index is -4.53. The van der Waals surface area contributed by atoms with Gasteiger partial charge in [0.1, 0.15) is 4.90 Å². The van der Waals surface area contributed by atoms with Crippen molar-refractivity contribution < 1.29 is 21.6 Å². The molecule has 0 aliphatic carbocycles. The monoisotopic (exact) mass is 305 g/mol. The largest absolute Gasteiger partial charge is 0.416 e. The molecule has 0 bridgehead atoms. The van der Waals surface area contributed by atoms with E-state index in [1.54, 1.807) is 0 Å². The van der Waals surface area contributed by atoms with Gasteiger partial charge in [-0.2, -0.15) is 18.3 Å². The van der Waals surface area contributed by atoms with E-state index in [9.17, 15) is 21.6 Å². The van der Waals surface area contributed by atoms with Crippen molar-refractivity contribution in [1.82, 2.24) is 10.2 Å². The van der Waals surface area contributed by atoms with Gasteiger partial charge in [0.25, 0.3) is 10.0 Å². The van der Waals surface area contributed by atoms with Crippen LogP contribution in [0.1, 0.15) is 11.3 Å². The molecule has 0 fully saturated rings. The molecule has 2 N–H and O–H groups in total. The van der Waals surface area contributed by atoms with Gasteiger partial charge in [-0.3, -0.25) is 9.82 Å². The van der Waals surface area contributed by atoms with E-state index in [0.717, 1.165) is 24.4 Å². The molecule has 5 nitrogen and oxygen atoms in total. The summed E-state index contributed by atoms with van der Waals surface area (Å²) in [7, 11) is -3.97. The fourth-order valence-electron chi connectivity index (χ4n) is 1.58. The molecule has 2 rings (SSSR count). The number of nitrogens with one attached hydrogen (secondary N) is 2. The standard InChI is InChI=1S/C11H10F3N3O2S/c1-7-10(6-15-16-7)20(18,19)17-9-4-2-3-8(5-9)11(12,13)14/h2-6,17H,1H3,(H,15,16). The smallest absolute Gasteiger partial charge is 0.281 e. The summed E-state index contributed by atoms with van der Waals surface area (Å²) in [4.78, 5) is -0.116. The Morgan fingerprint density at radius 1 is 1.30 bits per heavy atom. The maximum atomic E-state index is 12.5. The van der Waals surface area contributed by atoms with E-state index < -0.39 is 21.8 Å². The highest BCUT2D eigenvalue weighted by Gasteiger charge is 2.30. The number of aromatic nitrogens is 2. The second kappa shape index (κ2) is 4.82. The summed E-state index contributed by atoms with van der Waals surface area (Å²) < 4.78 is 63.7. The van der Waals surface area contributed by atoms with Crippen molar-refractivity contribution in [3.8, 4) is 0 Å². The van der Waals surface area contributed by atoms with Crippen LogP contribution in [-0.2, 0) is 16.2 Å². The maximum Gasteiger partial charge on any atom is 0.416 e. The molecule has 1 aromatic heterocycles. The highest BCUT2D eigenvalue weighted by atomic mass is 32.2. The molecule has 1 heterocycles. The molecule has 0 atom stereocenters. The predicted octanol–water partition coefficient (Wildman–Crippen LogP) is 2.54. The Labute approximate surface area is 112 Å². The lowest BCUT2D eigenvalue weighted by Crippen LogP contribution is -2.14. The van der Waals surface area contributed by atoms with Crippen LogP contribution in [0.15, 0.2) is 35.4 Å². The lowest BCUT2D eigenvalue weighted by molar-refractivity contribution is -0.137. The zero-order chi connectivity index (χ0) is 15.0. The first kappa shape index (κ1) is 14.4. The Kier molecular flexibility index (Phi) is 3.46. The van der Waals surface area contributed by atoms with Gasteiger partial charge >= 0.3 is 6.18 Å². The van der Waals surface area contributed by atoms with Gasteiger partial charge in [0.2, 0.25) is 0 Å². The molecule has 0 saturated carbocycles. The summed E-state index contributed by atoms with van der Waals surface area (Å²) in [6.45, 7) is 1.49. The molecule has 0 saturated heterocycles. The third kappa shape index (κ3) is 2.93. The van der Waals surface area contributed by atoms with Crippen LogP contribution in [-0.4, -0.2) is 18.6 Å². The predicted molar refractivity (Wildman–Crippen MR) is 65.6 cm³/mol. The number of hydrogen-bond acceptors (Lipinski definition) is 3. The Balaban J connectivity index is 2.34. The van der Waals surface area contributed by atoms with Crippen molar-refractivity contribution in [2.75, 3.05) is 4.72 Å². The minimum Gasteiger partial charge on any atom is -0.281 e. The Hall–Kier alpha value is -2.03. The second-order valence-corrected chi connectivity index (χ2v) is 5.69. The van der Waals surface area contributed by atoms with Crippen LogP contribution in [0.3, 0.4) is 0 Å². The zero-order valence-electron chi connectivity index (χ0n) is 10.2. The summed E-state index contributed by atoms with van der Waals surface area (Å²) in [5.41, 5.74) is -0.800. The molecule has 0 aliphatic heterocycles. The number of H-pyrrole nitrogens is 1. The molecular formula is C11H10F3N3O2S. The van der Waals surface area contributed by atoms with Crippen LogP contribution < -0.4 is 4.72 Å². The average molecular weight is 305 g/mol. The third-order valence-electron chi connectivity index (χ3n) is 2.52. The Bertz CT molecular complexity index is 723. The summed E-state index contributed by atoms with van der Waals surface area (Å²) in [5, 5.41) is 6.01. The number of hydrogen-bond donors (Lipinski definition) is 2. The number of aromatic amines is 1. The van der Waals surface area contributed by atoms with Gasteiger partial charge in [-0.25, -0.2) is 8.42 Å². The third-order valence-corrected chi connectivity index (χ3v) is 4.01. The quantitative estimate of drug-likeness (QED) is 0.915. The number of sulfonamides is 1. The summed E-state index contributed by atoms with van der Waals surface area (Å²) in [6.07, 6.45) is -3.45. The van der Waals surface area contributed by atoms with Crippen molar-refractivity contribution in [3.63, 3.8) is 0 Å². The van der Waals surface area contributed by atoms with Crippen molar-refractivity contribution >= 4 is 15.7 Å². The maximum absolute atomic E-state index is 12.5. The Morgan fingerprint density at radius 3 is 2.55 bits per heavy atom. The summed E-state index contributed by atoms with van der Waals surface area (Å²) in [6, 6.07) is 3.96. The van der Waals surface area contributed by atoms with Crippen LogP contribution in [0.25, 0.3) is 0 Å². The second-order valence-electron chi connectivity index (χ2n) is 4.04. The van der Waals surface area contributed by atoms with Gasteiger partial charge in [-0.1, -0.05) is 6.07 Å². The van der Waals surface area contributed by atoms with Crippen molar-refractivity contribution in [1.29, 1.82) is 0 Å². The number of nitrogens with zero attached hydrogens (tertiary/aromatic N) is 1. The molecule has 108 valence electrons. The zero-order valence-corrected chi connectivity index (χ0v) is 11.0. The summed E-state index contributed by atoms with van der Waals surface area (Å²) in [5.74, 6) is 0. The molecule has 20 heavy (non-hydrogen) atoms. The van der Waals surface area contributed by atoms with Gasteiger partial charge in [0.05, 0.1) is 17.5 Å². The average Bonchev–Trinajstić information content (AvgIpc) is 2.75. The van der Waals surface area contributed by atoms with Gasteiger partial charge in [0, 0.05) is 5.69 Å². The molecule has 0 amide bonds. The van der Waals surface area contributed by atoms with E-state index in [0.29, 0.717) is 5.69 Å². The Morgan fingerprint density at radius 2 is 2.00 bits per heavy atom. The highest BCUT2D eigenvalue weighted by molar-refractivity contribution is 7.92. The number of rotatable bonds is 3. The first-order chi connectivity index (χ1) is 9.20. The number of benzene rings is 1. The lowest BCUT2D eigenvalue weighted by atomic mass is 10.2.